The van der Waals surface area contributed by atoms with Crippen LogP contribution in [-0.2, 0) is 9.53 Å². The summed E-state index contributed by atoms with van der Waals surface area (Å²) >= 11 is 0. The van der Waals surface area contributed by atoms with E-state index in [1.807, 2.05) is 18.7 Å². The van der Waals surface area contributed by atoms with Crippen LogP contribution in [0.2, 0.25) is 0 Å². The molecule has 138 valence electrons. The molecule has 1 fully saturated rings. The number of carbonyl (C=O) groups is 2. The second-order valence-electron chi connectivity index (χ2n) is 7.01. The maximum atomic E-state index is 12.8. The maximum absolute atomic E-state index is 12.8. The third-order valence-corrected chi connectivity index (χ3v) is 5.05. The first-order valence-electron chi connectivity index (χ1n) is 9.03. The fraction of sp³-hybridized carbons (Fsp3) is 0.450. The minimum atomic E-state index is -0.899. The van der Waals surface area contributed by atoms with Gasteiger partial charge < -0.3 is 14.6 Å². The number of nitrogens with one attached hydrogen (secondary N) is 1. The number of para-hydroxylation sites is 1. The lowest BCUT2D eigenvalue weighted by Crippen LogP contribution is -2.51. The number of likely N-dealkylation sites (tertiary alicyclic amines) is 1. The molecule has 1 N–H and O–H groups in total. The lowest BCUT2D eigenvalue weighted by Gasteiger charge is -2.40. The zero-order valence-corrected chi connectivity index (χ0v) is 15.3. The molecule has 3 rings (SSSR count). The highest BCUT2D eigenvalue weighted by Crippen LogP contribution is 2.24. The zero-order valence-electron chi connectivity index (χ0n) is 15.3. The summed E-state index contributed by atoms with van der Waals surface area (Å²) in [4.78, 5) is 41.7. The van der Waals surface area contributed by atoms with Crippen LogP contribution in [0.1, 0.15) is 50.4 Å². The molecule has 1 aliphatic heterocycles. The minimum Gasteiger partial charge on any atom is -0.449 e. The summed E-state index contributed by atoms with van der Waals surface area (Å²) in [5.41, 5.74) is 0.348. The maximum Gasteiger partial charge on any atom is 0.339 e. The van der Waals surface area contributed by atoms with Crippen molar-refractivity contribution in [2.24, 2.45) is 0 Å². The number of carbonyl (C=O) groups excluding carboxylic acids is 2. The molecule has 2 aromatic rings. The van der Waals surface area contributed by atoms with E-state index in [1.165, 1.54) is 6.07 Å². The number of hydrogen-bond acceptors (Lipinski definition) is 4. The minimum absolute atomic E-state index is 0.132. The van der Waals surface area contributed by atoms with E-state index < -0.39 is 12.1 Å². The smallest absolute Gasteiger partial charge is 0.339 e. The van der Waals surface area contributed by atoms with E-state index in [2.05, 4.69) is 4.98 Å². The Labute approximate surface area is 152 Å². The predicted molar refractivity (Wildman–Crippen MR) is 99.1 cm³/mol. The molecule has 3 atom stereocenters. The van der Waals surface area contributed by atoms with E-state index in [0.29, 0.717) is 10.9 Å². The van der Waals surface area contributed by atoms with Gasteiger partial charge in [0.1, 0.15) is 0 Å². The highest BCUT2D eigenvalue weighted by molar-refractivity contribution is 6.03. The SMILES string of the molecule is C[C@@H](OC(=O)c1cc(=O)[nH]c2ccccc12)C(=O)N1[C@@H](C)CCC[C@@H]1C. The molecule has 0 aliphatic carbocycles. The van der Waals surface area contributed by atoms with E-state index in [1.54, 1.807) is 31.2 Å². The molecule has 1 aromatic carbocycles. The van der Waals surface area contributed by atoms with Crippen molar-refractivity contribution in [2.45, 2.75) is 58.2 Å². The monoisotopic (exact) mass is 356 g/mol. The number of aromatic amines is 1. The molecule has 26 heavy (non-hydrogen) atoms. The number of hydrogen-bond donors (Lipinski definition) is 1. The molecular formula is C20H24N2O4. The van der Waals surface area contributed by atoms with Crippen LogP contribution in [-0.4, -0.2) is 39.9 Å². The Morgan fingerprint density at radius 3 is 2.54 bits per heavy atom. The van der Waals surface area contributed by atoms with Gasteiger partial charge in [0.2, 0.25) is 5.56 Å². The van der Waals surface area contributed by atoms with Crippen molar-refractivity contribution in [3.63, 3.8) is 0 Å². The molecule has 0 radical (unpaired) electrons. The normalized spacial score (nSPS) is 21.4. The Balaban J connectivity index is 1.82. The number of fused-ring (bicyclic) bond motifs is 1. The van der Waals surface area contributed by atoms with Gasteiger partial charge in [-0.25, -0.2) is 4.79 Å². The molecule has 6 heteroatoms. The van der Waals surface area contributed by atoms with Crippen LogP contribution < -0.4 is 5.56 Å². The largest absolute Gasteiger partial charge is 0.449 e. The van der Waals surface area contributed by atoms with Gasteiger partial charge in [0.15, 0.2) is 6.10 Å². The van der Waals surface area contributed by atoms with Crippen molar-refractivity contribution in [1.82, 2.24) is 9.88 Å². The summed E-state index contributed by atoms with van der Waals surface area (Å²) in [5.74, 6) is -0.849. The molecule has 1 saturated heterocycles. The number of aromatic nitrogens is 1. The van der Waals surface area contributed by atoms with Crippen molar-refractivity contribution in [2.75, 3.05) is 0 Å². The number of amides is 1. The van der Waals surface area contributed by atoms with Crippen LogP contribution in [0.25, 0.3) is 10.9 Å². The third-order valence-electron chi connectivity index (χ3n) is 5.05. The van der Waals surface area contributed by atoms with Crippen molar-refractivity contribution in [3.8, 4) is 0 Å². The van der Waals surface area contributed by atoms with Gasteiger partial charge >= 0.3 is 5.97 Å². The van der Waals surface area contributed by atoms with Gasteiger partial charge in [-0.05, 0) is 46.1 Å². The van der Waals surface area contributed by atoms with Crippen LogP contribution in [0.4, 0.5) is 0 Å². The van der Waals surface area contributed by atoms with Crippen molar-refractivity contribution in [1.29, 1.82) is 0 Å². The standard InChI is InChI=1S/C20H24N2O4/c1-12-7-6-8-13(2)22(12)19(24)14(3)26-20(25)16-11-18(23)21-17-10-5-4-9-15(16)17/h4-5,9-14H,6-8H2,1-3H3,(H,21,23)/t12-,13-,14+/m0/s1. The fourth-order valence-electron chi connectivity index (χ4n) is 3.71. The van der Waals surface area contributed by atoms with Crippen LogP contribution in [0.15, 0.2) is 35.1 Å². The van der Waals surface area contributed by atoms with Gasteiger partial charge in [0.05, 0.1) is 5.56 Å². The summed E-state index contributed by atoms with van der Waals surface area (Å²) < 4.78 is 5.43. The molecule has 1 aromatic heterocycles. The number of nitrogens with zero attached hydrogens (tertiary/aromatic N) is 1. The summed E-state index contributed by atoms with van der Waals surface area (Å²) in [6, 6.07) is 8.50. The van der Waals surface area contributed by atoms with Gasteiger partial charge in [0.25, 0.3) is 5.91 Å². The number of ether oxygens (including phenoxy) is 1. The second-order valence-corrected chi connectivity index (χ2v) is 7.01. The van der Waals surface area contributed by atoms with Crippen LogP contribution in [0, 0.1) is 0 Å². The molecule has 0 spiro atoms. The van der Waals surface area contributed by atoms with Gasteiger partial charge in [-0.15, -0.1) is 0 Å². The van der Waals surface area contributed by atoms with Crippen molar-refractivity contribution < 1.29 is 14.3 Å². The molecule has 1 amide bonds. The number of esters is 1. The topological polar surface area (TPSA) is 79.5 Å². The first kappa shape index (κ1) is 18.2. The predicted octanol–water partition coefficient (Wildman–Crippen LogP) is 2.86. The second kappa shape index (κ2) is 7.32. The lowest BCUT2D eigenvalue weighted by atomic mass is 9.97. The third kappa shape index (κ3) is 3.49. The van der Waals surface area contributed by atoms with Gasteiger partial charge in [-0.1, -0.05) is 18.2 Å². The number of pyridine rings is 1. The van der Waals surface area contributed by atoms with E-state index >= 15 is 0 Å². The highest BCUT2D eigenvalue weighted by atomic mass is 16.5. The molecule has 1 aliphatic rings. The first-order chi connectivity index (χ1) is 12.4. The molecule has 2 heterocycles. The summed E-state index contributed by atoms with van der Waals surface area (Å²) in [5, 5.41) is 0.594. The Morgan fingerprint density at radius 1 is 1.19 bits per heavy atom. The summed E-state index contributed by atoms with van der Waals surface area (Å²) in [6.45, 7) is 5.63. The Kier molecular flexibility index (Phi) is 5.11. The van der Waals surface area contributed by atoms with Crippen molar-refractivity contribution in [3.05, 3.63) is 46.2 Å². The lowest BCUT2D eigenvalue weighted by molar-refractivity contribution is -0.146. The zero-order chi connectivity index (χ0) is 18.8. The average molecular weight is 356 g/mol. The van der Waals surface area contributed by atoms with Gasteiger partial charge in [-0.3, -0.25) is 9.59 Å². The van der Waals surface area contributed by atoms with Gasteiger partial charge in [0, 0.05) is 29.1 Å². The quantitative estimate of drug-likeness (QED) is 0.858. The summed E-state index contributed by atoms with van der Waals surface area (Å²) in [7, 11) is 0. The number of H-pyrrole nitrogens is 1. The highest BCUT2D eigenvalue weighted by Gasteiger charge is 2.33. The molecule has 0 unspecified atom stereocenters. The Hall–Kier alpha value is -2.63. The number of rotatable bonds is 3. The Morgan fingerprint density at radius 2 is 1.85 bits per heavy atom. The number of benzene rings is 1. The average Bonchev–Trinajstić information content (AvgIpc) is 2.60. The number of piperidine rings is 1. The van der Waals surface area contributed by atoms with E-state index in [-0.39, 0.29) is 29.1 Å². The van der Waals surface area contributed by atoms with E-state index in [4.69, 9.17) is 4.74 Å². The van der Waals surface area contributed by atoms with Gasteiger partial charge in [-0.2, -0.15) is 0 Å². The van der Waals surface area contributed by atoms with Crippen LogP contribution >= 0.6 is 0 Å². The molecule has 0 bridgehead atoms. The summed E-state index contributed by atoms with van der Waals surface area (Å²) in [6.07, 6.45) is 2.10. The Bertz CT molecular complexity index is 879. The van der Waals surface area contributed by atoms with Crippen LogP contribution in [0.3, 0.4) is 0 Å². The fourth-order valence-corrected chi connectivity index (χ4v) is 3.71. The first-order valence-corrected chi connectivity index (χ1v) is 9.03. The molecular weight excluding hydrogens is 332 g/mol. The van der Waals surface area contributed by atoms with Crippen molar-refractivity contribution >= 4 is 22.8 Å². The van der Waals surface area contributed by atoms with E-state index in [9.17, 15) is 14.4 Å². The van der Waals surface area contributed by atoms with E-state index in [0.717, 1.165) is 19.3 Å². The molecule has 6 nitrogen and oxygen atoms in total. The molecule has 0 saturated carbocycles. The van der Waals surface area contributed by atoms with Crippen LogP contribution in [0.5, 0.6) is 0 Å².